The Morgan fingerprint density at radius 3 is 2.47 bits per heavy atom. The second kappa shape index (κ2) is 25.4. The number of urea groups is 1. The number of aromatic nitrogens is 2. The highest BCUT2D eigenvalue weighted by Gasteiger charge is 2.60. The normalized spacial score (nSPS) is 28.6. The number of nitrogens with zero attached hydrogens (tertiary/aromatic N) is 2. The Kier molecular flexibility index (Phi) is 19.4. The van der Waals surface area contributed by atoms with Crippen LogP contribution in [0.2, 0.25) is 0 Å². The molecular weight excluding hydrogens is 1020 g/mol. The van der Waals surface area contributed by atoms with Crippen molar-refractivity contribution in [2.75, 3.05) is 24.2 Å². The maximum Gasteiger partial charge on any atom is 0.508 e. The smallest absolute Gasteiger partial charge is 0.431 e. The van der Waals surface area contributed by atoms with Crippen LogP contribution < -0.4 is 38.4 Å². The van der Waals surface area contributed by atoms with E-state index in [1.54, 1.807) is 0 Å². The fourth-order valence-electron chi connectivity index (χ4n) is 11.4. The van der Waals surface area contributed by atoms with E-state index in [-0.39, 0.29) is 55.4 Å². The van der Waals surface area contributed by atoms with Gasteiger partial charge in [-0.3, -0.25) is 19.5 Å². The molecule has 4 saturated carbocycles. The zero-order valence-corrected chi connectivity index (χ0v) is 44.6. The molecule has 1 saturated heterocycles. The van der Waals surface area contributed by atoms with Crippen molar-refractivity contribution in [1.82, 2.24) is 25.5 Å². The van der Waals surface area contributed by atoms with E-state index in [0.717, 1.165) is 62.8 Å². The minimum atomic E-state index is -3.96. The molecule has 5 aliphatic rings. The van der Waals surface area contributed by atoms with Gasteiger partial charge in [0.05, 0.1) is 23.9 Å². The number of nitrogens with two attached hydrogens (primary N) is 2. The van der Waals surface area contributed by atoms with Crippen LogP contribution in [0.15, 0.2) is 88.9 Å². The molecule has 428 valence electrons. The molecule has 1 aliphatic heterocycles. The first kappa shape index (κ1) is 59.6. The fraction of sp³-hybridized carbons (Fsp3) is 0.600. The van der Waals surface area contributed by atoms with Crippen LogP contribution in [0.4, 0.5) is 29.9 Å². The first-order valence-corrected chi connectivity index (χ1v) is 26.7. The lowest BCUT2D eigenvalue weighted by Crippen LogP contribution is -2.60. The number of hydrogen-bond donors (Lipinski definition) is 10. The van der Waals surface area contributed by atoms with Crippen LogP contribution in [0.3, 0.4) is 0 Å². The number of nitrogens with one attached hydrogen (secondary N) is 4. The Balaban J connectivity index is 0.895. The molecule has 4 amide bonds. The zero-order valence-electron chi connectivity index (χ0n) is 44.6. The third-order valence-electron chi connectivity index (χ3n) is 16.0. The summed E-state index contributed by atoms with van der Waals surface area (Å²) in [5, 5.41) is 53.6. The number of nitrogen functional groups attached to an aromatic ring is 1. The van der Waals surface area contributed by atoms with Gasteiger partial charge in [0.15, 0.2) is 6.10 Å². The van der Waals surface area contributed by atoms with Crippen molar-refractivity contribution >= 4 is 35.5 Å². The molecule has 1 aromatic carbocycles. The van der Waals surface area contributed by atoms with E-state index in [4.69, 9.17) is 30.4 Å². The predicted octanol–water partition coefficient (Wildman–Crippen LogP) is 4.72. The number of ether oxygens (including phenoxy) is 4. The van der Waals surface area contributed by atoms with Gasteiger partial charge in [-0.25, -0.2) is 14.4 Å². The Hall–Kier alpha value is -6.08. The Morgan fingerprint density at radius 2 is 1.78 bits per heavy atom. The molecule has 78 heavy (non-hydrogen) atoms. The number of carbonyl (C=O) groups is 4. The standard InChI is InChI=1S/C55H76F2N8O13/c1-30(10-21-41(66)34-14-15-34)38-19-20-39-33(8-6-23-54(38,39)5)13-16-35-26-37(27-42(67)31(35)2)77-51(73)64-53(3,4)47(70)62-40(9-7-24-60-49(59)71)46(69)61-36-17-11-32(12-18-36)28-75-52(74)76-29-43-45(68)55(56,57)48(78-43)65-25-22-44(58)63-50(65)72/h10-13,16-18,21-22,25,30,34,37-43,45,48,51,64,66-68,73H,2,6-9,14-15,19-20,23-24,26-29H2,1,3-5H3,(H,61,69)(H,62,70)(H2,58,63,72)(H3,59,60,71)/b21-10+,33-13+,35-16-/t30-,37?,38?,39?,40?,41?,42-,43?,45?,48?,51?,54+/m0/s1. The highest BCUT2D eigenvalue weighted by atomic mass is 19.3. The maximum atomic E-state index is 14.9. The summed E-state index contributed by atoms with van der Waals surface area (Å²) in [5.41, 5.74) is 11.6. The summed E-state index contributed by atoms with van der Waals surface area (Å²) in [6, 6.07) is 5.16. The number of benzene rings is 1. The molecule has 12 atom stereocenters. The molecule has 0 radical (unpaired) electrons. The molecule has 2 heterocycles. The largest absolute Gasteiger partial charge is 0.508 e. The molecule has 1 aromatic heterocycles. The van der Waals surface area contributed by atoms with Crippen molar-refractivity contribution in [1.29, 1.82) is 0 Å². The molecule has 4 aliphatic carbocycles. The minimum Gasteiger partial charge on any atom is -0.431 e. The summed E-state index contributed by atoms with van der Waals surface area (Å²) in [4.78, 5) is 66.8. The molecule has 0 spiro atoms. The first-order valence-electron chi connectivity index (χ1n) is 26.7. The van der Waals surface area contributed by atoms with Gasteiger partial charge in [0.25, 0.3) is 0 Å². The lowest BCUT2D eigenvalue weighted by molar-refractivity contribution is -0.175. The van der Waals surface area contributed by atoms with Gasteiger partial charge in [0.2, 0.25) is 24.5 Å². The number of rotatable bonds is 22. The monoisotopic (exact) mass is 1090 g/mol. The minimum absolute atomic E-state index is 0.0524. The maximum absolute atomic E-state index is 14.9. The van der Waals surface area contributed by atoms with Gasteiger partial charge >= 0.3 is 23.8 Å². The second-order valence-electron chi connectivity index (χ2n) is 22.1. The summed E-state index contributed by atoms with van der Waals surface area (Å²) in [5.74, 6) is -3.79. The Morgan fingerprint density at radius 1 is 1.05 bits per heavy atom. The molecule has 2 aromatic rings. The van der Waals surface area contributed by atoms with Gasteiger partial charge in [-0.2, -0.15) is 13.8 Å². The number of hydrogen-bond acceptors (Lipinski definition) is 16. The van der Waals surface area contributed by atoms with Crippen molar-refractivity contribution in [3.63, 3.8) is 0 Å². The van der Waals surface area contributed by atoms with Crippen LogP contribution in [0.25, 0.3) is 0 Å². The van der Waals surface area contributed by atoms with E-state index in [0.29, 0.717) is 45.8 Å². The molecular formula is C55H76F2N8O13. The molecule has 7 rings (SSSR count). The van der Waals surface area contributed by atoms with Gasteiger partial charge in [-0.15, -0.1) is 0 Å². The first-order chi connectivity index (χ1) is 36.9. The number of carbonyl (C=O) groups excluding carboxylic acids is 4. The van der Waals surface area contributed by atoms with Crippen LogP contribution in [-0.2, 0) is 35.1 Å². The molecule has 0 bridgehead atoms. The molecule has 9 unspecified atom stereocenters. The summed E-state index contributed by atoms with van der Waals surface area (Å²) >= 11 is 0. The summed E-state index contributed by atoms with van der Waals surface area (Å²) in [6.45, 7) is 10.8. The zero-order chi connectivity index (χ0) is 56.7. The van der Waals surface area contributed by atoms with Crippen molar-refractivity contribution in [3.8, 4) is 0 Å². The number of alkyl halides is 2. The van der Waals surface area contributed by atoms with Gasteiger partial charge in [0.1, 0.15) is 31.2 Å². The molecule has 23 heteroatoms. The quantitative estimate of drug-likeness (QED) is 0.0330. The average molecular weight is 1100 g/mol. The van der Waals surface area contributed by atoms with Crippen LogP contribution in [0, 0.1) is 29.1 Å². The van der Waals surface area contributed by atoms with Crippen LogP contribution in [-0.4, -0.2) is 122 Å². The van der Waals surface area contributed by atoms with Gasteiger partial charge < -0.3 is 66.8 Å². The van der Waals surface area contributed by atoms with Crippen molar-refractivity contribution in [2.24, 2.45) is 34.8 Å². The summed E-state index contributed by atoms with van der Waals surface area (Å²) in [6.07, 6.45) is 6.49. The van der Waals surface area contributed by atoms with Crippen molar-refractivity contribution < 1.29 is 67.3 Å². The lowest BCUT2D eigenvalue weighted by atomic mass is 9.61. The van der Waals surface area contributed by atoms with Gasteiger partial charge in [-0.1, -0.05) is 62.4 Å². The molecule has 12 N–H and O–H groups in total. The topological polar surface area (TPSA) is 321 Å². The van der Waals surface area contributed by atoms with E-state index >= 15 is 0 Å². The highest BCUT2D eigenvalue weighted by molar-refractivity contribution is 5.98. The van der Waals surface area contributed by atoms with E-state index in [2.05, 4.69) is 58.8 Å². The molecule has 5 fully saturated rings. The number of anilines is 2. The third kappa shape index (κ3) is 14.8. The van der Waals surface area contributed by atoms with E-state index in [9.17, 15) is 53.2 Å². The van der Waals surface area contributed by atoms with E-state index < -0.39 is 90.9 Å². The van der Waals surface area contributed by atoms with Crippen molar-refractivity contribution in [3.05, 3.63) is 100 Å². The fourth-order valence-corrected chi connectivity index (χ4v) is 11.4. The van der Waals surface area contributed by atoms with Crippen LogP contribution in [0.1, 0.15) is 110 Å². The average Bonchev–Trinajstić information content (AvgIpc) is 4.20. The number of fused-ring (bicyclic) bond motifs is 1. The number of halogens is 2. The summed E-state index contributed by atoms with van der Waals surface area (Å²) < 4.78 is 51.4. The Bertz CT molecular complexity index is 2640. The second-order valence-corrected chi connectivity index (χ2v) is 22.1. The van der Waals surface area contributed by atoms with Crippen molar-refractivity contribution in [2.45, 2.75) is 166 Å². The van der Waals surface area contributed by atoms with E-state index in [1.807, 2.05) is 12.2 Å². The number of aliphatic hydroxyl groups excluding tert-OH is 4. The van der Waals surface area contributed by atoms with Gasteiger partial charge in [0, 0.05) is 24.8 Å². The van der Waals surface area contributed by atoms with Crippen LogP contribution in [0.5, 0.6) is 0 Å². The Labute approximate surface area is 451 Å². The highest BCUT2D eigenvalue weighted by Crippen LogP contribution is 2.59. The number of primary amides is 1. The van der Waals surface area contributed by atoms with Gasteiger partial charge in [-0.05, 0) is 142 Å². The number of allylic oxidation sites excluding steroid dienone is 4. The SMILES string of the molecule is C=C1/C(=C\C=C2/CCC[C@@]3(C)C2CCC3[C@@H](C)/C=C/C(O)C2CC2)CC(OC(O)NC(C)(C)C(=O)NC(CCCNC(N)=O)C(=O)Nc2ccc(COC(=O)OCC3OC(n4ccc(N)nc4=O)C(F)(F)C3O)cc2)C[C@@H]1O. The number of aliphatic hydroxyl groups is 4. The summed E-state index contributed by atoms with van der Waals surface area (Å²) in [7, 11) is 0. The van der Waals surface area contributed by atoms with Crippen LogP contribution >= 0.6 is 0 Å². The van der Waals surface area contributed by atoms with E-state index in [1.165, 1.54) is 43.7 Å². The predicted molar refractivity (Wildman–Crippen MR) is 282 cm³/mol. The third-order valence-corrected chi connectivity index (χ3v) is 16.0. The lowest BCUT2D eigenvalue weighted by Gasteiger charge is -2.44. The molecule has 21 nitrogen and oxygen atoms in total. The number of amides is 4.